The summed E-state index contributed by atoms with van der Waals surface area (Å²) in [7, 11) is 0. The molecular weight excluding hydrogens is 506 g/mol. The van der Waals surface area contributed by atoms with Crippen LogP contribution in [0.5, 0.6) is 0 Å². The lowest BCUT2D eigenvalue weighted by Gasteiger charge is -2.22. The van der Waals surface area contributed by atoms with Gasteiger partial charge in [0.15, 0.2) is 5.13 Å². The Labute approximate surface area is 231 Å². The number of benzene rings is 4. The summed E-state index contributed by atoms with van der Waals surface area (Å²) in [5, 5.41) is 17.0. The number of carboxylic acid groups (broad SMARTS) is 1. The molecule has 7 heteroatoms. The van der Waals surface area contributed by atoms with Gasteiger partial charge >= 0.3 is 5.97 Å². The maximum absolute atomic E-state index is 12.4. The molecule has 196 valence electrons. The fraction of sp³-hybridized carbons (Fsp3) is 0.156. The average Bonchev–Trinajstić information content (AvgIpc) is 3.46. The third kappa shape index (κ3) is 6.51. The number of amides is 1. The normalized spacial score (nSPS) is 11.7. The highest BCUT2D eigenvalue weighted by molar-refractivity contribution is 7.14. The number of carbonyl (C=O) groups excluding carboxylic acids is 1. The molecule has 0 fully saturated rings. The van der Waals surface area contributed by atoms with Crippen LogP contribution in [0.1, 0.15) is 28.4 Å². The zero-order valence-corrected chi connectivity index (χ0v) is 22.4. The van der Waals surface area contributed by atoms with E-state index < -0.39 is 17.9 Å². The fourth-order valence-electron chi connectivity index (χ4n) is 4.37. The Kier molecular flexibility index (Phi) is 7.99. The van der Waals surface area contributed by atoms with Crippen LogP contribution in [0.15, 0.2) is 102 Å². The van der Waals surface area contributed by atoms with Crippen LogP contribution in [0.25, 0.3) is 22.0 Å². The first-order valence-electron chi connectivity index (χ1n) is 12.8. The highest BCUT2D eigenvalue weighted by Crippen LogP contribution is 2.30. The van der Waals surface area contributed by atoms with Gasteiger partial charge < -0.3 is 15.3 Å². The molecule has 1 atom stereocenters. The Balaban J connectivity index is 1.36. The van der Waals surface area contributed by atoms with Crippen LogP contribution >= 0.6 is 11.3 Å². The van der Waals surface area contributed by atoms with Gasteiger partial charge in [0.2, 0.25) is 0 Å². The van der Waals surface area contributed by atoms with Crippen LogP contribution in [0.3, 0.4) is 0 Å². The third-order valence-corrected chi connectivity index (χ3v) is 7.53. The topological polar surface area (TPSA) is 82.5 Å². The van der Waals surface area contributed by atoms with Crippen molar-refractivity contribution in [2.75, 3.05) is 11.4 Å². The van der Waals surface area contributed by atoms with Gasteiger partial charge in [0.1, 0.15) is 6.04 Å². The van der Waals surface area contributed by atoms with E-state index in [4.69, 9.17) is 10.1 Å². The van der Waals surface area contributed by atoms with Crippen molar-refractivity contribution in [3.63, 3.8) is 0 Å². The number of hydrogen-bond acceptors (Lipinski definition) is 5. The summed E-state index contributed by atoms with van der Waals surface area (Å²) >= 11 is 1.62. The summed E-state index contributed by atoms with van der Waals surface area (Å²) in [6.45, 7) is 2.86. The molecule has 5 aromatic rings. The summed E-state index contributed by atoms with van der Waals surface area (Å²) in [5.41, 5.74) is 4.76. The van der Waals surface area contributed by atoms with Gasteiger partial charge in [0, 0.05) is 29.6 Å². The lowest BCUT2D eigenvalue weighted by molar-refractivity contribution is -0.138. The second-order valence-electron chi connectivity index (χ2n) is 9.46. The first-order chi connectivity index (χ1) is 19.0. The van der Waals surface area contributed by atoms with Crippen molar-refractivity contribution in [1.29, 1.82) is 0 Å². The van der Waals surface area contributed by atoms with Gasteiger partial charge in [-0.15, -0.1) is 11.3 Å². The molecule has 0 saturated heterocycles. The summed E-state index contributed by atoms with van der Waals surface area (Å²) in [5.74, 6) is -1.47. The third-order valence-electron chi connectivity index (χ3n) is 6.63. The number of nitrogens with one attached hydrogen (secondary N) is 1. The predicted molar refractivity (Wildman–Crippen MR) is 157 cm³/mol. The Hall–Kier alpha value is -4.49. The van der Waals surface area contributed by atoms with Crippen molar-refractivity contribution < 1.29 is 14.7 Å². The molecule has 0 aliphatic heterocycles. The molecule has 1 aromatic heterocycles. The molecule has 0 radical (unpaired) electrons. The van der Waals surface area contributed by atoms with E-state index in [0.717, 1.165) is 34.9 Å². The highest BCUT2D eigenvalue weighted by Gasteiger charge is 2.17. The van der Waals surface area contributed by atoms with E-state index in [9.17, 15) is 9.59 Å². The maximum Gasteiger partial charge on any atom is 0.325 e. The summed E-state index contributed by atoms with van der Waals surface area (Å²) in [6, 6.07) is 31.5. The quantitative estimate of drug-likeness (QED) is 0.216. The number of aliphatic carboxylic acids is 1. The number of thiazole rings is 1. The van der Waals surface area contributed by atoms with E-state index in [1.54, 1.807) is 23.5 Å². The van der Waals surface area contributed by atoms with Crippen molar-refractivity contribution >= 4 is 39.1 Å². The molecule has 2 N–H and O–H groups in total. The molecule has 0 aliphatic carbocycles. The molecule has 4 aromatic carbocycles. The smallest absolute Gasteiger partial charge is 0.325 e. The van der Waals surface area contributed by atoms with Crippen molar-refractivity contribution in [2.24, 2.45) is 0 Å². The van der Waals surface area contributed by atoms with Crippen LogP contribution in [0, 0.1) is 0 Å². The van der Waals surface area contributed by atoms with E-state index >= 15 is 0 Å². The van der Waals surface area contributed by atoms with Crippen molar-refractivity contribution in [1.82, 2.24) is 10.3 Å². The number of fused-ring (bicyclic) bond motifs is 1. The van der Waals surface area contributed by atoms with E-state index in [-0.39, 0.29) is 0 Å². The van der Waals surface area contributed by atoms with Crippen molar-refractivity contribution in [3.05, 3.63) is 119 Å². The lowest BCUT2D eigenvalue weighted by Crippen LogP contribution is -2.38. The van der Waals surface area contributed by atoms with Gasteiger partial charge in [0.25, 0.3) is 5.91 Å². The molecule has 0 saturated carbocycles. The number of rotatable bonds is 10. The molecule has 1 unspecified atom stereocenters. The minimum Gasteiger partial charge on any atom is -0.480 e. The summed E-state index contributed by atoms with van der Waals surface area (Å²) < 4.78 is 0. The summed E-state index contributed by atoms with van der Waals surface area (Å²) in [4.78, 5) is 30.7. The fourth-order valence-corrected chi connectivity index (χ4v) is 5.23. The molecule has 0 aliphatic rings. The number of aromatic nitrogens is 1. The van der Waals surface area contributed by atoms with Gasteiger partial charge in [-0.25, -0.2) is 4.98 Å². The van der Waals surface area contributed by atoms with Crippen LogP contribution in [-0.2, 0) is 17.8 Å². The van der Waals surface area contributed by atoms with Gasteiger partial charge in [-0.3, -0.25) is 9.59 Å². The predicted octanol–water partition coefficient (Wildman–Crippen LogP) is 6.42. The Morgan fingerprint density at radius 2 is 1.62 bits per heavy atom. The standard InChI is InChI=1S/C32H29N3O3S/c1-22(31(37)38)33-30(36)26-13-11-24(12-14-26)20-35(18-17-23-7-3-2-4-8-23)32-34-29(21-39-32)28-16-15-25-9-5-6-10-27(25)19-28/h2-16,19,21-22H,17-18,20H2,1H3,(H,33,36)(H,37,38). The van der Waals surface area contributed by atoms with Crippen LogP contribution < -0.4 is 10.2 Å². The zero-order chi connectivity index (χ0) is 27.2. The minimum absolute atomic E-state index is 0.405. The monoisotopic (exact) mass is 535 g/mol. The maximum atomic E-state index is 12.4. The zero-order valence-electron chi connectivity index (χ0n) is 21.6. The number of anilines is 1. The molecule has 0 spiro atoms. The second-order valence-corrected chi connectivity index (χ2v) is 10.3. The minimum atomic E-state index is -1.07. The van der Waals surface area contributed by atoms with Crippen LogP contribution in [-0.4, -0.2) is 34.6 Å². The van der Waals surface area contributed by atoms with Crippen LogP contribution in [0.4, 0.5) is 5.13 Å². The molecule has 5 rings (SSSR count). The Morgan fingerprint density at radius 3 is 2.36 bits per heavy atom. The number of carboxylic acids is 1. The first-order valence-corrected chi connectivity index (χ1v) is 13.7. The van der Waals surface area contributed by atoms with Crippen LogP contribution in [0.2, 0.25) is 0 Å². The van der Waals surface area contributed by atoms with Gasteiger partial charge in [-0.2, -0.15) is 0 Å². The molecule has 1 amide bonds. The highest BCUT2D eigenvalue weighted by atomic mass is 32.1. The Bertz CT molecular complexity index is 1580. The Morgan fingerprint density at radius 1 is 0.897 bits per heavy atom. The lowest BCUT2D eigenvalue weighted by atomic mass is 10.1. The average molecular weight is 536 g/mol. The first kappa shape index (κ1) is 26.1. The van der Waals surface area contributed by atoms with E-state index in [1.165, 1.54) is 23.3 Å². The molecular formula is C32H29N3O3S. The van der Waals surface area contributed by atoms with Gasteiger partial charge in [0.05, 0.1) is 5.69 Å². The van der Waals surface area contributed by atoms with E-state index in [0.29, 0.717) is 12.1 Å². The van der Waals surface area contributed by atoms with E-state index in [1.807, 2.05) is 30.3 Å². The molecule has 39 heavy (non-hydrogen) atoms. The molecule has 1 heterocycles. The van der Waals surface area contributed by atoms with E-state index in [2.05, 4.69) is 70.2 Å². The molecule has 6 nitrogen and oxygen atoms in total. The largest absolute Gasteiger partial charge is 0.480 e. The summed E-state index contributed by atoms with van der Waals surface area (Å²) in [6.07, 6.45) is 0.874. The number of nitrogens with zero attached hydrogens (tertiary/aromatic N) is 2. The number of hydrogen-bond donors (Lipinski definition) is 2. The van der Waals surface area contributed by atoms with Gasteiger partial charge in [-0.1, -0.05) is 78.9 Å². The van der Waals surface area contributed by atoms with Crippen molar-refractivity contribution in [2.45, 2.75) is 25.9 Å². The second kappa shape index (κ2) is 11.9. The van der Waals surface area contributed by atoms with Crippen molar-refractivity contribution in [3.8, 4) is 11.3 Å². The SMILES string of the molecule is CC(NC(=O)c1ccc(CN(CCc2ccccc2)c2nc(-c3ccc4ccccc4c3)cs2)cc1)C(=O)O. The van der Waals surface area contributed by atoms with Gasteiger partial charge in [-0.05, 0) is 53.4 Å². The number of carbonyl (C=O) groups is 2. The molecule has 0 bridgehead atoms.